The molecule has 0 bridgehead atoms. The van der Waals surface area contributed by atoms with Crippen LogP contribution in [0.15, 0.2) is 24.9 Å². The summed E-state index contributed by atoms with van der Waals surface area (Å²) in [6.07, 6.45) is 8.27. The molecular weight excluding hydrogens is 268 g/mol. The van der Waals surface area contributed by atoms with Crippen LogP contribution in [-0.4, -0.2) is 42.5 Å². The van der Waals surface area contributed by atoms with Crippen LogP contribution in [0.5, 0.6) is 0 Å². The van der Waals surface area contributed by atoms with Crippen LogP contribution in [0, 0.1) is 0 Å². The van der Waals surface area contributed by atoms with E-state index in [9.17, 15) is 0 Å². The van der Waals surface area contributed by atoms with Crippen molar-refractivity contribution in [3.8, 4) is 0 Å². The number of anilines is 2. The highest BCUT2D eigenvalue weighted by atomic mass is 15.3. The van der Waals surface area contributed by atoms with Gasteiger partial charge in [-0.2, -0.15) is 10.2 Å². The second-order valence-electron chi connectivity index (χ2n) is 5.26. The summed E-state index contributed by atoms with van der Waals surface area (Å²) in [7, 11) is 1.88. The summed E-state index contributed by atoms with van der Waals surface area (Å²) in [5.41, 5.74) is 2.63. The molecule has 1 aliphatic heterocycles. The Bertz CT molecular complexity index is 767. The van der Waals surface area contributed by atoms with E-state index in [2.05, 4.69) is 25.8 Å². The molecule has 0 spiro atoms. The Morgan fingerprint density at radius 2 is 2.29 bits per heavy atom. The van der Waals surface area contributed by atoms with Crippen LogP contribution < -0.4 is 10.6 Å². The van der Waals surface area contributed by atoms with Crippen molar-refractivity contribution < 1.29 is 0 Å². The molecule has 8 heteroatoms. The normalized spacial score (nSPS) is 18.4. The van der Waals surface area contributed by atoms with Crippen molar-refractivity contribution in [2.24, 2.45) is 7.05 Å². The van der Waals surface area contributed by atoms with Gasteiger partial charge in [0.15, 0.2) is 11.5 Å². The van der Waals surface area contributed by atoms with E-state index in [0.717, 1.165) is 30.9 Å². The molecular formula is C13H16N8. The summed E-state index contributed by atoms with van der Waals surface area (Å²) in [4.78, 5) is 9.02. The molecule has 1 atom stereocenters. The van der Waals surface area contributed by atoms with Gasteiger partial charge in [0.25, 0.3) is 0 Å². The fourth-order valence-electron chi connectivity index (χ4n) is 2.66. The van der Waals surface area contributed by atoms with Crippen LogP contribution in [0.3, 0.4) is 0 Å². The lowest BCUT2D eigenvalue weighted by Gasteiger charge is -2.11. The van der Waals surface area contributed by atoms with E-state index in [4.69, 9.17) is 4.98 Å². The number of hydrogen-bond acceptors (Lipinski definition) is 6. The topological polar surface area (TPSA) is 85.0 Å². The summed E-state index contributed by atoms with van der Waals surface area (Å²) in [6, 6.07) is 0. The summed E-state index contributed by atoms with van der Waals surface area (Å²) in [5, 5.41) is 15.0. The van der Waals surface area contributed by atoms with Gasteiger partial charge in [0.05, 0.1) is 23.8 Å². The van der Waals surface area contributed by atoms with Crippen molar-refractivity contribution in [2.45, 2.75) is 12.3 Å². The Labute approximate surface area is 121 Å². The van der Waals surface area contributed by atoms with Crippen molar-refractivity contribution in [1.82, 2.24) is 34.7 Å². The molecule has 1 aliphatic rings. The van der Waals surface area contributed by atoms with E-state index in [1.807, 2.05) is 19.4 Å². The van der Waals surface area contributed by atoms with Crippen molar-refractivity contribution in [3.05, 3.63) is 30.6 Å². The van der Waals surface area contributed by atoms with Gasteiger partial charge in [0.1, 0.15) is 6.33 Å². The van der Waals surface area contributed by atoms with E-state index in [0.29, 0.717) is 17.4 Å². The van der Waals surface area contributed by atoms with E-state index in [1.165, 1.54) is 0 Å². The minimum Gasteiger partial charge on any atom is -0.334 e. The number of fused-ring (bicyclic) bond motifs is 1. The summed E-state index contributed by atoms with van der Waals surface area (Å²) < 4.78 is 3.52. The first-order valence-electron chi connectivity index (χ1n) is 6.96. The van der Waals surface area contributed by atoms with Gasteiger partial charge in [-0.15, -0.1) is 0 Å². The predicted octanol–water partition coefficient (Wildman–Crippen LogP) is 0.678. The zero-order chi connectivity index (χ0) is 14.2. The lowest BCUT2D eigenvalue weighted by molar-refractivity contribution is 0.721. The largest absolute Gasteiger partial charge is 0.334 e. The van der Waals surface area contributed by atoms with Crippen molar-refractivity contribution >= 4 is 17.2 Å². The smallest absolute Gasteiger partial charge is 0.198 e. The summed E-state index contributed by atoms with van der Waals surface area (Å²) >= 11 is 0. The Hall–Kier alpha value is -2.48. The average molecular weight is 284 g/mol. The van der Waals surface area contributed by atoms with Gasteiger partial charge in [-0.3, -0.25) is 4.68 Å². The van der Waals surface area contributed by atoms with Crippen LogP contribution in [-0.2, 0) is 7.05 Å². The van der Waals surface area contributed by atoms with Crippen molar-refractivity contribution in [1.29, 1.82) is 0 Å². The Balaban J connectivity index is 1.76. The third-order valence-electron chi connectivity index (χ3n) is 3.73. The lowest BCUT2D eigenvalue weighted by Crippen LogP contribution is -2.11. The molecule has 0 aliphatic carbocycles. The molecule has 2 N–H and O–H groups in total. The Morgan fingerprint density at radius 1 is 1.33 bits per heavy atom. The monoisotopic (exact) mass is 284 g/mol. The second kappa shape index (κ2) is 4.81. The molecule has 4 heterocycles. The SMILES string of the molecule is Cn1cc(Nc2nc([C@@H]3CCNC3)cn3ncnc23)cn1. The van der Waals surface area contributed by atoms with Crippen molar-refractivity contribution in [3.63, 3.8) is 0 Å². The minimum atomic E-state index is 0.424. The van der Waals surface area contributed by atoms with Gasteiger partial charge in [-0.05, 0) is 13.0 Å². The number of rotatable bonds is 3. The predicted molar refractivity (Wildman–Crippen MR) is 77.5 cm³/mol. The zero-order valence-electron chi connectivity index (χ0n) is 11.7. The quantitative estimate of drug-likeness (QED) is 0.735. The first kappa shape index (κ1) is 12.3. The molecule has 108 valence electrons. The van der Waals surface area contributed by atoms with E-state index in [-0.39, 0.29) is 0 Å². The molecule has 4 rings (SSSR count). The number of nitrogens with zero attached hydrogens (tertiary/aromatic N) is 6. The van der Waals surface area contributed by atoms with Gasteiger partial charge >= 0.3 is 0 Å². The fourth-order valence-corrected chi connectivity index (χ4v) is 2.66. The van der Waals surface area contributed by atoms with E-state index < -0.39 is 0 Å². The zero-order valence-corrected chi connectivity index (χ0v) is 11.7. The van der Waals surface area contributed by atoms with Crippen LogP contribution in [0.25, 0.3) is 5.65 Å². The summed E-state index contributed by atoms with van der Waals surface area (Å²) in [6.45, 7) is 1.99. The summed E-state index contributed by atoms with van der Waals surface area (Å²) in [5.74, 6) is 1.14. The first-order valence-corrected chi connectivity index (χ1v) is 6.96. The third-order valence-corrected chi connectivity index (χ3v) is 3.73. The van der Waals surface area contributed by atoms with Gasteiger partial charge in [-0.1, -0.05) is 0 Å². The highest BCUT2D eigenvalue weighted by Crippen LogP contribution is 2.24. The Kier molecular flexibility index (Phi) is 2.81. The third kappa shape index (κ3) is 2.23. The highest BCUT2D eigenvalue weighted by molar-refractivity contribution is 5.68. The molecule has 0 unspecified atom stereocenters. The number of nitrogens with one attached hydrogen (secondary N) is 2. The molecule has 0 saturated carbocycles. The first-order chi connectivity index (χ1) is 10.3. The van der Waals surface area contributed by atoms with Gasteiger partial charge in [0, 0.05) is 25.7 Å². The standard InChI is InChI=1S/C13H16N8/c1-20-6-10(5-16-20)18-12-13-15-8-17-21(13)7-11(19-12)9-2-3-14-4-9/h5-9,14H,2-4H2,1H3,(H,18,19)/t9-/m1/s1. The maximum Gasteiger partial charge on any atom is 0.198 e. The molecule has 21 heavy (non-hydrogen) atoms. The molecule has 3 aromatic heterocycles. The van der Waals surface area contributed by atoms with Crippen molar-refractivity contribution in [2.75, 3.05) is 18.4 Å². The van der Waals surface area contributed by atoms with E-state index >= 15 is 0 Å². The molecule has 0 radical (unpaired) electrons. The average Bonchev–Trinajstić information content (AvgIpc) is 3.18. The number of hydrogen-bond donors (Lipinski definition) is 2. The molecule has 3 aromatic rings. The number of aromatic nitrogens is 6. The molecule has 0 amide bonds. The Morgan fingerprint density at radius 3 is 3.05 bits per heavy atom. The molecule has 8 nitrogen and oxygen atoms in total. The molecule has 1 saturated heterocycles. The fraction of sp³-hybridized carbons (Fsp3) is 0.385. The van der Waals surface area contributed by atoms with Crippen LogP contribution >= 0.6 is 0 Å². The van der Waals surface area contributed by atoms with Gasteiger partial charge in [-0.25, -0.2) is 14.5 Å². The van der Waals surface area contributed by atoms with Crippen LogP contribution in [0.2, 0.25) is 0 Å². The van der Waals surface area contributed by atoms with Crippen LogP contribution in [0.1, 0.15) is 18.0 Å². The van der Waals surface area contributed by atoms with Crippen LogP contribution in [0.4, 0.5) is 11.5 Å². The molecule has 1 fully saturated rings. The number of aryl methyl sites for hydroxylation is 1. The minimum absolute atomic E-state index is 0.424. The lowest BCUT2D eigenvalue weighted by atomic mass is 10.1. The second-order valence-corrected chi connectivity index (χ2v) is 5.26. The van der Waals surface area contributed by atoms with E-state index in [1.54, 1.807) is 21.7 Å². The molecule has 0 aromatic carbocycles. The van der Waals surface area contributed by atoms with Gasteiger partial charge in [0.2, 0.25) is 0 Å². The highest BCUT2D eigenvalue weighted by Gasteiger charge is 2.20. The maximum atomic E-state index is 4.75. The van der Waals surface area contributed by atoms with Gasteiger partial charge < -0.3 is 10.6 Å². The maximum absolute atomic E-state index is 4.75.